The topological polar surface area (TPSA) is 64.4 Å². The van der Waals surface area contributed by atoms with Gasteiger partial charge in [0, 0.05) is 13.1 Å². The zero-order valence-electron chi connectivity index (χ0n) is 9.84. The van der Waals surface area contributed by atoms with Crippen molar-refractivity contribution in [1.29, 1.82) is 0 Å². The standard InChI is InChI=1S/C12H22N2O2/c13-7-12(8-16-9-12)11(15)14-6-5-10-3-1-2-4-10/h10H,1-9,13H2,(H,14,15). The Balaban J connectivity index is 1.67. The van der Waals surface area contributed by atoms with Crippen molar-refractivity contribution in [3.05, 3.63) is 0 Å². The highest BCUT2D eigenvalue weighted by Crippen LogP contribution is 2.28. The summed E-state index contributed by atoms with van der Waals surface area (Å²) in [7, 11) is 0. The van der Waals surface area contributed by atoms with E-state index in [1.807, 2.05) is 0 Å². The van der Waals surface area contributed by atoms with Crippen LogP contribution >= 0.6 is 0 Å². The number of carbonyl (C=O) groups is 1. The summed E-state index contributed by atoms with van der Waals surface area (Å²) in [5, 5.41) is 3.00. The van der Waals surface area contributed by atoms with Crippen LogP contribution in [0, 0.1) is 11.3 Å². The molecule has 1 amide bonds. The second kappa shape index (κ2) is 5.15. The molecule has 1 aliphatic heterocycles. The van der Waals surface area contributed by atoms with E-state index in [4.69, 9.17) is 10.5 Å². The maximum Gasteiger partial charge on any atom is 0.232 e. The van der Waals surface area contributed by atoms with Crippen LogP contribution in [-0.2, 0) is 9.53 Å². The first kappa shape index (κ1) is 11.9. The average molecular weight is 226 g/mol. The molecule has 2 rings (SSSR count). The Morgan fingerprint density at radius 2 is 2.06 bits per heavy atom. The van der Waals surface area contributed by atoms with Crippen LogP contribution in [0.4, 0.5) is 0 Å². The van der Waals surface area contributed by atoms with Crippen molar-refractivity contribution in [3.63, 3.8) is 0 Å². The molecule has 0 spiro atoms. The minimum absolute atomic E-state index is 0.0826. The minimum Gasteiger partial charge on any atom is -0.379 e. The fourth-order valence-corrected chi connectivity index (χ4v) is 2.57. The molecule has 1 heterocycles. The fourth-order valence-electron chi connectivity index (χ4n) is 2.57. The zero-order valence-corrected chi connectivity index (χ0v) is 9.84. The lowest BCUT2D eigenvalue weighted by Gasteiger charge is -2.38. The third-order valence-electron chi connectivity index (χ3n) is 3.94. The predicted octanol–water partition coefficient (Wildman–Crippen LogP) is 0.658. The molecule has 0 bridgehead atoms. The van der Waals surface area contributed by atoms with Gasteiger partial charge in [-0.1, -0.05) is 25.7 Å². The summed E-state index contributed by atoms with van der Waals surface area (Å²) < 4.78 is 5.09. The molecule has 4 nitrogen and oxygen atoms in total. The molecular formula is C12H22N2O2. The van der Waals surface area contributed by atoms with E-state index in [0.717, 1.165) is 18.9 Å². The lowest BCUT2D eigenvalue weighted by Crippen LogP contribution is -2.58. The molecule has 0 radical (unpaired) electrons. The fraction of sp³-hybridized carbons (Fsp3) is 0.917. The lowest BCUT2D eigenvalue weighted by atomic mass is 9.85. The van der Waals surface area contributed by atoms with Crippen molar-refractivity contribution in [2.45, 2.75) is 32.1 Å². The molecule has 0 aromatic heterocycles. The van der Waals surface area contributed by atoms with Crippen LogP contribution in [0.25, 0.3) is 0 Å². The number of amides is 1. The zero-order chi connectivity index (χ0) is 11.4. The van der Waals surface area contributed by atoms with Gasteiger partial charge in [0.05, 0.1) is 13.2 Å². The first-order chi connectivity index (χ1) is 7.77. The maximum absolute atomic E-state index is 11.9. The first-order valence-electron chi connectivity index (χ1n) is 6.33. The van der Waals surface area contributed by atoms with E-state index in [2.05, 4.69) is 5.32 Å². The van der Waals surface area contributed by atoms with Crippen LogP contribution in [-0.4, -0.2) is 32.2 Å². The Labute approximate surface area is 96.9 Å². The van der Waals surface area contributed by atoms with Gasteiger partial charge in [-0.05, 0) is 12.3 Å². The van der Waals surface area contributed by atoms with E-state index in [-0.39, 0.29) is 5.91 Å². The number of rotatable bonds is 5. The smallest absolute Gasteiger partial charge is 0.232 e. The molecule has 4 heteroatoms. The Hall–Kier alpha value is -0.610. The largest absolute Gasteiger partial charge is 0.379 e. The summed E-state index contributed by atoms with van der Waals surface area (Å²) in [6.45, 7) is 2.16. The third-order valence-corrected chi connectivity index (χ3v) is 3.94. The number of hydrogen-bond donors (Lipinski definition) is 2. The average Bonchev–Trinajstić information content (AvgIpc) is 2.70. The molecule has 92 valence electrons. The highest BCUT2D eigenvalue weighted by molar-refractivity contribution is 5.84. The molecule has 2 aliphatic rings. The van der Waals surface area contributed by atoms with Gasteiger partial charge in [0.15, 0.2) is 0 Å². The van der Waals surface area contributed by atoms with E-state index in [9.17, 15) is 4.79 Å². The van der Waals surface area contributed by atoms with Gasteiger partial charge in [0.25, 0.3) is 0 Å². The maximum atomic E-state index is 11.9. The monoisotopic (exact) mass is 226 g/mol. The van der Waals surface area contributed by atoms with Gasteiger partial charge in [-0.2, -0.15) is 0 Å². The Kier molecular flexibility index (Phi) is 3.82. The van der Waals surface area contributed by atoms with E-state index in [1.165, 1.54) is 25.7 Å². The van der Waals surface area contributed by atoms with Gasteiger partial charge in [-0.3, -0.25) is 4.79 Å². The highest BCUT2D eigenvalue weighted by Gasteiger charge is 2.44. The molecule has 2 fully saturated rings. The first-order valence-corrected chi connectivity index (χ1v) is 6.33. The van der Waals surface area contributed by atoms with E-state index >= 15 is 0 Å². The van der Waals surface area contributed by atoms with Crippen LogP contribution in [0.15, 0.2) is 0 Å². The summed E-state index contributed by atoms with van der Waals surface area (Å²) in [6.07, 6.45) is 6.51. The molecular weight excluding hydrogens is 204 g/mol. The Morgan fingerprint density at radius 1 is 1.38 bits per heavy atom. The summed E-state index contributed by atoms with van der Waals surface area (Å²) in [4.78, 5) is 11.9. The van der Waals surface area contributed by atoms with Gasteiger partial charge in [-0.15, -0.1) is 0 Å². The van der Waals surface area contributed by atoms with Crippen molar-refractivity contribution in [2.24, 2.45) is 17.1 Å². The quantitative estimate of drug-likeness (QED) is 0.723. The van der Waals surface area contributed by atoms with Crippen LogP contribution in [0.5, 0.6) is 0 Å². The Morgan fingerprint density at radius 3 is 2.56 bits per heavy atom. The van der Waals surface area contributed by atoms with Gasteiger partial charge in [0.1, 0.15) is 5.41 Å². The molecule has 0 aromatic rings. The van der Waals surface area contributed by atoms with Crippen molar-refractivity contribution in [1.82, 2.24) is 5.32 Å². The van der Waals surface area contributed by atoms with Crippen molar-refractivity contribution < 1.29 is 9.53 Å². The normalized spacial score (nSPS) is 24.1. The lowest BCUT2D eigenvalue weighted by molar-refractivity contribution is -0.159. The second-order valence-electron chi connectivity index (χ2n) is 5.17. The van der Waals surface area contributed by atoms with Gasteiger partial charge in [-0.25, -0.2) is 0 Å². The van der Waals surface area contributed by atoms with Crippen LogP contribution in [0.1, 0.15) is 32.1 Å². The van der Waals surface area contributed by atoms with E-state index in [0.29, 0.717) is 19.8 Å². The SMILES string of the molecule is NCC1(C(=O)NCCC2CCCC2)COC1. The van der Waals surface area contributed by atoms with Crippen molar-refractivity contribution in [3.8, 4) is 0 Å². The van der Waals surface area contributed by atoms with E-state index < -0.39 is 5.41 Å². The van der Waals surface area contributed by atoms with Gasteiger partial charge in [0.2, 0.25) is 5.91 Å². The number of hydrogen-bond acceptors (Lipinski definition) is 3. The summed E-state index contributed by atoms with van der Waals surface area (Å²) in [5.41, 5.74) is 5.20. The number of nitrogens with two attached hydrogens (primary N) is 1. The highest BCUT2D eigenvalue weighted by atomic mass is 16.5. The van der Waals surface area contributed by atoms with Crippen LogP contribution < -0.4 is 11.1 Å². The number of ether oxygens (including phenoxy) is 1. The molecule has 0 atom stereocenters. The van der Waals surface area contributed by atoms with Crippen molar-refractivity contribution in [2.75, 3.05) is 26.3 Å². The molecule has 0 aromatic carbocycles. The number of nitrogens with one attached hydrogen (secondary N) is 1. The van der Waals surface area contributed by atoms with Gasteiger partial charge < -0.3 is 15.8 Å². The molecule has 16 heavy (non-hydrogen) atoms. The molecule has 0 unspecified atom stereocenters. The molecule has 3 N–H and O–H groups in total. The van der Waals surface area contributed by atoms with E-state index in [1.54, 1.807) is 0 Å². The van der Waals surface area contributed by atoms with Crippen LogP contribution in [0.2, 0.25) is 0 Å². The molecule has 1 aliphatic carbocycles. The third kappa shape index (κ3) is 2.38. The predicted molar refractivity (Wildman–Crippen MR) is 61.9 cm³/mol. The van der Waals surface area contributed by atoms with Gasteiger partial charge >= 0.3 is 0 Å². The minimum atomic E-state index is -0.421. The summed E-state index contributed by atoms with van der Waals surface area (Å²) >= 11 is 0. The number of carbonyl (C=O) groups excluding carboxylic acids is 1. The Bertz CT molecular complexity index is 240. The second-order valence-corrected chi connectivity index (χ2v) is 5.17. The molecule has 1 saturated carbocycles. The summed E-state index contributed by atoms with van der Waals surface area (Å²) in [5.74, 6) is 0.908. The molecule has 1 saturated heterocycles. The van der Waals surface area contributed by atoms with Crippen LogP contribution in [0.3, 0.4) is 0 Å². The summed E-state index contributed by atoms with van der Waals surface area (Å²) in [6, 6.07) is 0. The van der Waals surface area contributed by atoms with Crippen molar-refractivity contribution >= 4 is 5.91 Å².